The van der Waals surface area contributed by atoms with Gasteiger partial charge in [-0.1, -0.05) is 20.8 Å². The van der Waals surface area contributed by atoms with Crippen molar-refractivity contribution < 1.29 is 4.74 Å². The molecule has 0 atom stereocenters. The average Bonchev–Trinajstić information content (AvgIpc) is 2.65. The fraction of sp³-hybridized carbons (Fsp3) is 0.700. The molecule has 13 heavy (non-hydrogen) atoms. The maximum atomic E-state index is 4.97. The van der Waals surface area contributed by atoms with E-state index in [2.05, 4.69) is 16.5 Å². The quantitative estimate of drug-likeness (QED) is 0.716. The third kappa shape index (κ3) is 4.08. The lowest BCUT2D eigenvalue weighted by molar-refractivity contribution is 0.186. The molecule has 0 saturated carbocycles. The Kier molecular flexibility index (Phi) is 7.30. The minimum absolute atomic E-state index is 0.753. The Morgan fingerprint density at radius 1 is 1.46 bits per heavy atom. The molecule has 0 amide bonds. The monoisotopic (exact) mass is 184 g/mol. The molecule has 0 bridgehead atoms. The van der Waals surface area contributed by atoms with Crippen LogP contribution in [0, 0.1) is 0 Å². The molecule has 0 aliphatic heterocycles. The summed E-state index contributed by atoms with van der Waals surface area (Å²) < 4.78 is 7.08. The molecule has 0 aliphatic carbocycles. The van der Waals surface area contributed by atoms with Gasteiger partial charge in [0.05, 0.1) is 6.61 Å². The number of aromatic nitrogens is 2. The second-order valence-electron chi connectivity index (χ2n) is 2.38. The number of hydrogen-bond donors (Lipinski definition) is 0. The van der Waals surface area contributed by atoms with E-state index in [1.54, 1.807) is 7.11 Å². The lowest BCUT2D eigenvalue weighted by atomic mass is 10.4. The minimum Gasteiger partial charge on any atom is -0.383 e. The fourth-order valence-electron chi connectivity index (χ4n) is 1.05. The van der Waals surface area contributed by atoms with E-state index in [-0.39, 0.29) is 0 Å². The van der Waals surface area contributed by atoms with E-state index in [0.29, 0.717) is 0 Å². The van der Waals surface area contributed by atoms with Crippen LogP contribution >= 0.6 is 0 Å². The Morgan fingerprint density at radius 2 is 2.15 bits per heavy atom. The van der Waals surface area contributed by atoms with Crippen molar-refractivity contribution in [2.45, 2.75) is 33.7 Å². The average molecular weight is 184 g/mol. The van der Waals surface area contributed by atoms with E-state index in [9.17, 15) is 0 Å². The minimum atomic E-state index is 0.753. The molecule has 1 aromatic heterocycles. The lowest BCUT2D eigenvalue weighted by Gasteiger charge is -2.03. The van der Waals surface area contributed by atoms with Gasteiger partial charge in [-0.15, -0.1) is 0 Å². The first-order valence-electron chi connectivity index (χ1n) is 4.87. The highest BCUT2D eigenvalue weighted by Crippen LogP contribution is 1.97. The molecule has 0 radical (unpaired) electrons. The summed E-state index contributed by atoms with van der Waals surface area (Å²) in [6, 6.07) is 0. The van der Waals surface area contributed by atoms with Crippen molar-refractivity contribution in [3.63, 3.8) is 0 Å². The van der Waals surface area contributed by atoms with Crippen LogP contribution in [0.1, 0.15) is 26.6 Å². The molecular formula is C10H20N2O. The summed E-state index contributed by atoms with van der Waals surface area (Å²) in [6.45, 7) is 7.76. The molecule has 0 unspecified atom stereocenters. The molecule has 3 heteroatoms. The van der Waals surface area contributed by atoms with Gasteiger partial charge in [0, 0.05) is 32.5 Å². The topological polar surface area (TPSA) is 27.1 Å². The summed E-state index contributed by atoms with van der Waals surface area (Å²) >= 11 is 0. The molecule has 0 aromatic carbocycles. The highest BCUT2D eigenvalue weighted by molar-refractivity contribution is 4.91. The number of methoxy groups -OCH3 is 1. The van der Waals surface area contributed by atoms with Gasteiger partial charge in [0.2, 0.25) is 0 Å². The summed E-state index contributed by atoms with van der Waals surface area (Å²) in [5, 5.41) is 0. The van der Waals surface area contributed by atoms with Gasteiger partial charge in [0.25, 0.3) is 0 Å². The van der Waals surface area contributed by atoms with Crippen LogP contribution in [-0.2, 0) is 17.7 Å². The molecule has 76 valence electrons. The Morgan fingerprint density at radius 3 is 2.69 bits per heavy atom. The molecule has 3 nitrogen and oxygen atoms in total. The van der Waals surface area contributed by atoms with Crippen LogP contribution in [-0.4, -0.2) is 23.3 Å². The first-order valence-corrected chi connectivity index (χ1v) is 4.87. The molecule has 0 saturated heterocycles. The molecule has 1 aromatic rings. The van der Waals surface area contributed by atoms with Crippen LogP contribution in [0.2, 0.25) is 0 Å². The zero-order chi connectivity index (χ0) is 10.1. The molecule has 0 fully saturated rings. The summed E-state index contributed by atoms with van der Waals surface area (Å²) in [6.07, 6.45) is 4.79. The third-order valence-corrected chi connectivity index (χ3v) is 1.65. The summed E-state index contributed by atoms with van der Waals surface area (Å²) in [4.78, 5) is 4.19. The van der Waals surface area contributed by atoms with Gasteiger partial charge in [-0.2, -0.15) is 0 Å². The molecule has 1 heterocycles. The van der Waals surface area contributed by atoms with Crippen LogP contribution in [0.15, 0.2) is 12.4 Å². The zero-order valence-electron chi connectivity index (χ0n) is 9.08. The van der Waals surface area contributed by atoms with Crippen LogP contribution in [0.3, 0.4) is 0 Å². The molecule has 0 N–H and O–H groups in total. The van der Waals surface area contributed by atoms with E-state index >= 15 is 0 Å². The van der Waals surface area contributed by atoms with Crippen molar-refractivity contribution in [2.75, 3.05) is 13.7 Å². The zero-order valence-corrected chi connectivity index (χ0v) is 9.08. The normalized spacial score (nSPS) is 9.23. The van der Waals surface area contributed by atoms with E-state index in [0.717, 1.165) is 25.4 Å². The summed E-state index contributed by atoms with van der Waals surface area (Å²) in [5.41, 5.74) is 0. The van der Waals surface area contributed by atoms with Crippen LogP contribution < -0.4 is 0 Å². The second kappa shape index (κ2) is 7.80. The van der Waals surface area contributed by atoms with E-state index in [4.69, 9.17) is 4.74 Å². The summed E-state index contributed by atoms with van der Waals surface area (Å²) in [7, 11) is 1.71. The molecule has 0 spiro atoms. The number of hydrogen-bond acceptors (Lipinski definition) is 2. The van der Waals surface area contributed by atoms with E-state index in [1.165, 1.54) is 0 Å². The Hall–Kier alpha value is -0.830. The van der Waals surface area contributed by atoms with Crippen molar-refractivity contribution in [1.29, 1.82) is 0 Å². The largest absolute Gasteiger partial charge is 0.383 e. The van der Waals surface area contributed by atoms with Crippen LogP contribution in [0.25, 0.3) is 0 Å². The number of ether oxygens (including phenoxy) is 1. The van der Waals surface area contributed by atoms with Gasteiger partial charge in [0.15, 0.2) is 0 Å². The van der Waals surface area contributed by atoms with Crippen molar-refractivity contribution in [3.8, 4) is 0 Å². The van der Waals surface area contributed by atoms with Gasteiger partial charge in [0.1, 0.15) is 5.82 Å². The number of nitrogens with zero attached hydrogens (tertiary/aromatic N) is 2. The predicted molar refractivity (Wildman–Crippen MR) is 54.8 cm³/mol. The Labute approximate surface area is 80.7 Å². The first-order chi connectivity index (χ1) is 6.38. The van der Waals surface area contributed by atoms with Crippen molar-refractivity contribution in [1.82, 2.24) is 9.55 Å². The van der Waals surface area contributed by atoms with Gasteiger partial charge in [-0.25, -0.2) is 4.98 Å². The first kappa shape index (κ1) is 12.2. The van der Waals surface area contributed by atoms with Crippen molar-refractivity contribution >= 4 is 0 Å². The maximum absolute atomic E-state index is 4.97. The van der Waals surface area contributed by atoms with Crippen molar-refractivity contribution in [2.24, 2.45) is 0 Å². The van der Waals surface area contributed by atoms with Gasteiger partial charge in [-0.05, 0) is 0 Å². The molecular weight excluding hydrogens is 164 g/mol. The van der Waals surface area contributed by atoms with Crippen molar-refractivity contribution in [3.05, 3.63) is 18.2 Å². The molecule has 0 aliphatic rings. The Balaban J connectivity index is 0.000000671. The predicted octanol–water partition coefficient (Wildman–Crippen LogP) is 2.12. The SMILES string of the molecule is CC.CCc1nccn1CCOC. The highest BCUT2D eigenvalue weighted by Gasteiger charge is 1.97. The Bertz CT molecular complexity index is 208. The van der Waals surface area contributed by atoms with Crippen LogP contribution in [0.4, 0.5) is 0 Å². The lowest BCUT2D eigenvalue weighted by Crippen LogP contribution is -2.06. The van der Waals surface area contributed by atoms with E-state index in [1.807, 2.05) is 26.2 Å². The highest BCUT2D eigenvalue weighted by atomic mass is 16.5. The summed E-state index contributed by atoms with van der Waals surface area (Å²) in [5.74, 6) is 1.13. The smallest absolute Gasteiger partial charge is 0.108 e. The van der Waals surface area contributed by atoms with Gasteiger partial charge in [-0.3, -0.25) is 0 Å². The number of imidazole rings is 1. The third-order valence-electron chi connectivity index (χ3n) is 1.65. The number of rotatable bonds is 4. The van der Waals surface area contributed by atoms with Crippen LogP contribution in [0.5, 0.6) is 0 Å². The van der Waals surface area contributed by atoms with Gasteiger partial charge >= 0.3 is 0 Å². The van der Waals surface area contributed by atoms with E-state index < -0.39 is 0 Å². The second-order valence-corrected chi connectivity index (χ2v) is 2.38. The maximum Gasteiger partial charge on any atom is 0.108 e. The molecule has 1 rings (SSSR count). The standard InChI is InChI=1S/C8H14N2O.C2H6/c1-3-8-9-4-5-10(8)6-7-11-2;1-2/h4-5H,3,6-7H2,1-2H3;1-2H3. The fourth-order valence-corrected chi connectivity index (χ4v) is 1.05. The number of aryl methyl sites for hydroxylation is 1. The van der Waals surface area contributed by atoms with Gasteiger partial charge < -0.3 is 9.30 Å².